The lowest BCUT2D eigenvalue weighted by molar-refractivity contribution is -0.135. The van der Waals surface area contributed by atoms with E-state index in [0.29, 0.717) is 0 Å². The van der Waals surface area contributed by atoms with Crippen LogP contribution in [0.1, 0.15) is 5.56 Å². The molecule has 14 heavy (non-hydrogen) atoms. The van der Waals surface area contributed by atoms with Crippen molar-refractivity contribution in [2.75, 3.05) is 7.11 Å². The molecule has 1 aromatic carbocycles. The fraction of sp³-hybridized carbons (Fsp3) is 0.0909. The number of hydrogen-bond acceptors (Lipinski definition) is 3. The summed E-state index contributed by atoms with van der Waals surface area (Å²) in [5.41, 5.74) is 0.799. The number of carbonyl (C=O) groups excluding carboxylic acids is 1. The van der Waals surface area contributed by atoms with Crippen molar-refractivity contribution in [2.24, 2.45) is 0 Å². The highest BCUT2D eigenvalue weighted by atomic mass is 16.5. The molecule has 0 heterocycles. The van der Waals surface area contributed by atoms with Crippen LogP contribution in [-0.4, -0.2) is 13.1 Å². The minimum atomic E-state index is -0.614. The van der Waals surface area contributed by atoms with Crippen LogP contribution < -0.4 is 0 Å². The minimum absolute atomic E-state index is 0.00120. The molecule has 0 saturated carbocycles. The quantitative estimate of drug-likeness (QED) is 0.402. The van der Waals surface area contributed by atoms with Crippen molar-refractivity contribution < 1.29 is 9.53 Å². The third-order valence-electron chi connectivity index (χ3n) is 1.64. The zero-order chi connectivity index (χ0) is 10.4. The number of rotatable bonds is 2. The Morgan fingerprint density at radius 1 is 1.43 bits per heavy atom. The largest absolute Gasteiger partial charge is 0.465 e. The molecule has 0 radical (unpaired) electrons. The molecule has 0 N–H and O–H groups in total. The van der Waals surface area contributed by atoms with Crippen LogP contribution in [0.4, 0.5) is 0 Å². The van der Waals surface area contributed by atoms with Gasteiger partial charge in [0, 0.05) is 0 Å². The highest BCUT2D eigenvalue weighted by Crippen LogP contribution is 2.06. The van der Waals surface area contributed by atoms with Crippen molar-refractivity contribution >= 4 is 12.0 Å². The van der Waals surface area contributed by atoms with E-state index in [9.17, 15) is 4.79 Å². The van der Waals surface area contributed by atoms with Crippen molar-refractivity contribution in [3.63, 3.8) is 0 Å². The average Bonchev–Trinajstić information content (AvgIpc) is 2.26. The molecule has 1 rings (SSSR count). The average molecular weight is 187 g/mol. The molecule has 0 atom stereocenters. The fourth-order valence-electron chi connectivity index (χ4n) is 0.963. The molecule has 0 spiro atoms. The molecule has 0 bridgehead atoms. The maximum atomic E-state index is 11.0. The Morgan fingerprint density at radius 2 is 2.07 bits per heavy atom. The van der Waals surface area contributed by atoms with Gasteiger partial charge in [-0.3, -0.25) is 0 Å². The van der Waals surface area contributed by atoms with E-state index < -0.39 is 5.97 Å². The molecular formula is C11H9NO2. The van der Waals surface area contributed by atoms with Gasteiger partial charge < -0.3 is 4.74 Å². The lowest BCUT2D eigenvalue weighted by atomic mass is 10.1. The SMILES string of the molecule is COC(=O)/C(C#N)=C/c1ccccc1. The lowest BCUT2D eigenvalue weighted by Crippen LogP contribution is -2.02. The zero-order valence-electron chi connectivity index (χ0n) is 7.73. The Morgan fingerprint density at radius 3 is 2.57 bits per heavy atom. The second-order valence-corrected chi connectivity index (χ2v) is 2.57. The normalized spacial score (nSPS) is 10.4. The number of ether oxygens (including phenoxy) is 1. The molecule has 0 aliphatic carbocycles. The van der Waals surface area contributed by atoms with Crippen LogP contribution in [-0.2, 0) is 9.53 Å². The van der Waals surface area contributed by atoms with Gasteiger partial charge in [-0.05, 0) is 11.6 Å². The van der Waals surface area contributed by atoms with Crippen molar-refractivity contribution in [2.45, 2.75) is 0 Å². The van der Waals surface area contributed by atoms with Gasteiger partial charge in [0.2, 0.25) is 0 Å². The van der Waals surface area contributed by atoms with E-state index in [1.54, 1.807) is 18.2 Å². The van der Waals surface area contributed by atoms with Crippen LogP contribution in [0.25, 0.3) is 6.08 Å². The summed E-state index contributed by atoms with van der Waals surface area (Å²) in [6.07, 6.45) is 1.49. The summed E-state index contributed by atoms with van der Waals surface area (Å²) in [7, 11) is 1.25. The Kier molecular flexibility index (Phi) is 3.45. The number of carbonyl (C=O) groups is 1. The van der Waals surface area contributed by atoms with Gasteiger partial charge in [-0.1, -0.05) is 30.3 Å². The number of nitriles is 1. The Bertz CT molecular complexity index is 387. The van der Waals surface area contributed by atoms with Crippen LogP contribution in [0.3, 0.4) is 0 Å². The third kappa shape index (κ3) is 2.46. The summed E-state index contributed by atoms with van der Waals surface area (Å²) in [6, 6.07) is 10.9. The van der Waals surface area contributed by atoms with E-state index in [2.05, 4.69) is 4.74 Å². The van der Waals surface area contributed by atoms with Crippen LogP contribution >= 0.6 is 0 Å². The number of nitrogens with zero attached hydrogens (tertiary/aromatic N) is 1. The molecule has 0 aromatic heterocycles. The van der Waals surface area contributed by atoms with Gasteiger partial charge >= 0.3 is 5.97 Å². The molecule has 0 fully saturated rings. The smallest absolute Gasteiger partial charge is 0.348 e. The van der Waals surface area contributed by atoms with Crippen LogP contribution in [0, 0.1) is 11.3 Å². The maximum absolute atomic E-state index is 11.0. The third-order valence-corrected chi connectivity index (χ3v) is 1.64. The zero-order valence-corrected chi connectivity index (χ0v) is 7.73. The topological polar surface area (TPSA) is 50.1 Å². The van der Waals surface area contributed by atoms with Gasteiger partial charge in [-0.15, -0.1) is 0 Å². The summed E-state index contributed by atoms with van der Waals surface area (Å²) in [5, 5.41) is 8.67. The van der Waals surface area contributed by atoms with Gasteiger partial charge in [0.15, 0.2) is 0 Å². The molecule has 1 aromatic rings. The molecule has 0 aliphatic heterocycles. The molecule has 0 aliphatic rings. The second kappa shape index (κ2) is 4.83. The first-order valence-corrected chi connectivity index (χ1v) is 4.03. The standard InChI is InChI=1S/C11H9NO2/c1-14-11(13)10(8-12)7-9-5-3-2-4-6-9/h2-7H,1H3/b10-7+. The minimum Gasteiger partial charge on any atom is -0.465 e. The number of benzene rings is 1. The van der Waals surface area contributed by atoms with E-state index in [1.807, 2.05) is 18.2 Å². The summed E-state index contributed by atoms with van der Waals surface area (Å²) >= 11 is 0. The second-order valence-electron chi connectivity index (χ2n) is 2.57. The Labute approximate surface area is 82.2 Å². The van der Waals surface area contributed by atoms with Crippen LogP contribution in [0.15, 0.2) is 35.9 Å². The van der Waals surface area contributed by atoms with Crippen molar-refractivity contribution in [3.8, 4) is 6.07 Å². The van der Waals surface area contributed by atoms with Crippen LogP contribution in [0.2, 0.25) is 0 Å². The predicted molar refractivity (Wildman–Crippen MR) is 52.0 cm³/mol. The van der Waals surface area contributed by atoms with Crippen molar-refractivity contribution in [3.05, 3.63) is 41.5 Å². The van der Waals surface area contributed by atoms with Gasteiger partial charge in [0.1, 0.15) is 11.6 Å². The molecule has 70 valence electrons. The Balaban J connectivity index is 2.97. The fourth-order valence-corrected chi connectivity index (χ4v) is 0.963. The van der Waals surface area contributed by atoms with Crippen molar-refractivity contribution in [1.29, 1.82) is 5.26 Å². The Hall–Kier alpha value is -2.08. The lowest BCUT2D eigenvalue weighted by Gasteiger charge is -1.96. The molecule has 3 heteroatoms. The van der Waals surface area contributed by atoms with Gasteiger partial charge in [-0.25, -0.2) is 4.79 Å². The summed E-state index contributed by atoms with van der Waals surface area (Å²) in [5.74, 6) is -0.614. The van der Waals surface area contributed by atoms with E-state index in [1.165, 1.54) is 13.2 Å². The molecule has 3 nitrogen and oxygen atoms in total. The predicted octanol–water partition coefficient (Wildman–Crippen LogP) is 1.77. The van der Waals surface area contributed by atoms with E-state index in [0.717, 1.165) is 5.56 Å². The van der Waals surface area contributed by atoms with Crippen molar-refractivity contribution in [1.82, 2.24) is 0 Å². The summed E-state index contributed by atoms with van der Waals surface area (Å²) in [6.45, 7) is 0. The number of hydrogen-bond donors (Lipinski definition) is 0. The molecule has 0 amide bonds. The van der Waals surface area contributed by atoms with Gasteiger partial charge in [0.25, 0.3) is 0 Å². The maximum Gasteiger partial charge on any atom is 0.348 e. The van der Waals surface area contributed by atoms with Gasteiger partial charge in [0.05, 0.1) is 7.11 Å². The van der Waals surface area contributed by atoms with Gasteiger partial charge in [-0.2, -0.15) is 5.26 Å². The summed E-state index contributed by atoms with van der Waals surface area (Å²) < 4.78 is 4.45. The first kappa shape index (κ1) is 10.0. The van der Waals surface area contributed by atoms with Crippen LogP contribution in [0.5, 0.6) is 0 Å². The molecule has 0 saturated heterocycles. The van der Waals surface area contributed by atoms with E-state index in [4.69, 9.17) is 5.26 Å². The van der Waals surface area contributed by atoms with E-state index >= 15 is 0 Å². The highest BCUT2D eigenvalue weighted by Gasteiger charge is 2.07. The monoisotopic (exact) mass is 187 g/mol. The van der Waals surface area contributed by atoms with E-state index in [-0.39, 0.29) is 5.57 Å². The molecular weight excluding hydrogens is 178 g/mol. The first-order valence-electron chi connectivity index (χ1n) is 4.03. The molecule has 0 unspecified atom stereocenters. The first-order chi connectivity index (χ1) is 6.77. The number of methoxy groups -OCH3 is 1. The highest BCUT2D eigenvalue weighted by molar-refractivity contribution is 5.97. The summed E-state index contributed by atoms with van der Waals surface area (Å²) in [4.78, 5) is 11.0. The number of esters is 1.